The first-order valence-corrected chi connectivity index (χ1v) is 3.75. The summed E-state index contributed by atoms with van der Waals surface area (Å²) >= 11 is 3.16. The minimum absolute atomic E-state index is 0.663. The smallest absolute Gasteiger partial charge is 0.191 e. The van der Waals surface area contributed by atoms with Gasteiger partial charge in [-0.3, -0.25) is 4.99 Å². The molecule has 0 aromatic carbocycles. The molecule has 0 aromatic heterocycles. The monoisotopic (exact) mass is 190 g/mol. The summed E-state index contributed by atoms with van der Waals surface area (Å²) in [6.45, 7) is 2.11. The van der Waals surface area contributed by atoms with Crippen molar-refractivity contribution in [2.24, 2.45) is 9.98 Å². The van der Waals surface area contributed by atoms with Crippen molar-refractivity contribution in [2.45, 2.75) is 19.8 Å². The summed E-state index contributed by atoms with van der Waals surface area (Å²) < 4.78 is 0.663. The van der Waals surface area contributed by atoms with Crippen LogP contribution in [-0.2, 0) is 0 Å². The lowest BCUT2D eigenvalue weighted by atomic mass is 10.4. The van der Waals surface area contributed by atoms with E-state index in [0.29, 0.717) is 4.74 Å². The Balaban J connectivity index is 3.45. The molecule has 0 spiro atoms. The second-order valence-corrected chi connectivity index (χ2v) is 2.30. The highest BCUT2D eigenvalue weighted by Crippen LogP contribution is 1.90. The molecular weight excluding hydrogens is 180 g/mol. The first-order chi connectivity index (χ1) is 4.31. The van der Waals surface area contributed by atoms with Crippen LogP contribution >= 0.6 is 15.9 Å². The lowest BCUT2D eigenvalue weighted by Crippen LogP contribution is -1.80. The van der Waals surface area contributed by atoms with Crippen molar-refractivity contribution in [3.63, 3.8) is 0 Å². The van der Waals surface area contributed by atoms with Crippen LogP contribution in [0.15, 0.2) is 9.98 Å². The molecular formula is C6H11BrN2. The van der Waals surface area contributed by atoms with Gasteiger partial charge in [0.25, 0.3) is 0 Å². The number of halogens is 1. The molecule has 0 unspecified atom stereocenters. The number of unbranched alkanes of at least 4 members (excludes halogenated alkanes) is 1. The first-order valence-electron chi connectivity index (χ1n) is 2.96. The summed E-state index contributed by atoms with van der Waals surface area (Å²) in [5.41, 5.74) is 0. The molecule has 0 bridgehead atoms. The maximum atomic E-state index is 3.97. The van der Waals surface area contributed by atoms with Gasteiger partial charge in [0, 0.05) is 13.3 Å². The fourth-order valence-electron chi connectivity index (χ4n) is 0.327. The van der Waals surface area contributed by atoms with Gasteiger partial charge in [-0.25, -0.2) is 4.99 Å². The van der Waals surface area contributed by atoms with Crippen LogP contribution in [0.2, 0.25) is 0 Å². The quantitative estimate of drug-likeness (QED) is 0.363. The largest absolute Gasteiger partial charge is 0.264 e. The van der Waals surface area contributed by atoms with Crippen molar-refractivity contribution in [3.8, 4) is 0 Å². The van der Waals surface area contributed by atoms with E-state index >= 15 is 0 Å². The predicted octanol–water partition coefficient (Wildman–Crippen LogP) is 2.24. The van der Waals surface area contributed by atoms with Gasteiger partial charge in [0.15, 0.2) is 4.74 Å². The van der Waals surface area contributed by atoms with Crippen LogP contribution in [0.25, 0.3) is 0 Å². The molecule has 0 radical (unpaired) electrons. The molecule has 0 fully saturated rings. The van der Waals surface area contributed by atoms with E-state index in [9.17, 15) is 0 Å². The van der Waals surface area contributed by atoms with Crippen LogP contribution in [0.3, 0.4) is 0 Å². The molecule has 3 heteroatoms. The minimum Gasteiger partial charge on any atom is -0.264 e. The van der Waals surface area contributed by atoms with Gasteiger partial charge in [-0.1, -0.05) is 13.3 Å². The van der Waals surface area contributed by atoms with E-state index in [-0.39, 0.29) is 0 Å². The second-order valence-electron chi connectivity index (χ2n) is 1.59. The van der Waals surface area contributed by atoms with Crippen molar-refractivity contribution in [1.82, 2.24) is 0 Å². The molecule has 0 amide bonds. The van der Waals surface area contributed by atoms with Gasteiger partial charge < -0.3 is 0 Å². The van der Waals surface area contributed by atoms with Gasteiger partial charge in [-0.05, 0) is 22.4 Å². The molecule has 0 N–H and O–H groups in total. The third-order valence-electron chi connectivity index (χ3n) is 0.800. The highest BCUT2D eigenvalue weighted by atomic mass is 79.9. The van der Waals surface area contributed by atoms with Gasteiger partial charge in [-0.15, -0.1) is 0 Å². The Hall–Kier alpha value is -0.180. The van der Waals surface area contributed by atoms with E-state index in [1.54, 1.807) is 7.05 Å². The molecule has 0 aliphatic heterocycles. The van der Waals surface area contributed by atoms with Gasteiger partial charge >= 0.3 is 0 Å². The number of nitrogens with zero attached hydrogens (tertiary/aromatic N) is 2. The van der Waals surface area contributed by atoms with Crippen molar-refractivity contribution in [3.05, 3.63) is 0 Å². The van der Waals surface area contributed by atoms with Crippen molar-refractivity contribution in [2.75, 3.05) is 7.05 Å². The van der Waals surface area contributed by atoms with Crippen LogP contribution in [-0.4, -0.2) is 18.0 Å². The van der Waals surface area contributed by atoms with Crippen molar-refractivity contribution < 1.29 is 0 Å². The zero-order valence-corrected chi connectivity index (χ0v) is 7.35. The Morgan fingerprint density at radius 3 is 2.78 bits per heavy atom. The fourth-order valence-corrected chi connectivity index (χ4v) is 0.471. The highest BCUT2D eigenvalue weighted by molar-refractivity contribution is 9.18. The molecule has 0 heterocycles. The van der Waals surface area contributed by atoms with E-state index in [1.165, 1.54) is 0 Å². The maximum absolute atomic E-state index is 3.97. The lowest BCUT2D eigenvalue weighted by Gasteiger charge is -1.83. The van der Waals surface area contributed by atoms with E-state index < -0.39 is 0 Å². The van der Waals surface area contributed by atoms with Gasteiger partial charge in [0.1, 0.15) is 0 Å². The Morgan fingerprint density at radius 1 is 1.67 bits per heavy atom. The normalized spacial score (nSPS) is 13.0. The number of aliphatic imine (C=N–C) groups is 2. The fraction of sp³-hybridized carbons (Fsp3) is 0.667. The Morgan fingerprint density at radius 2 is 2.33 bits per heavy atom. The molecule has 52 valence electrons. The lowest BCUT2D eigenvalue weighted by molar-refractivity contribution is 1.01. The van der Waals surface area contributed by atoms with Crippen LogP contribution < -0.4 is 0 Å². The topological polar surface area (TPSA) is 24.7 Å². The SMILES string of the molecule is CCC/C=N\C(Br)=NC. The highest BCUT2D eigenvalue weighted by Gasteiger charge is 1.79. The Bertz CT molecular complexity index is 118. The minimum atomic E-state index is 0.663. The molecule has 9 heavy (non-hydrogen) atoms. The van der Waals surface area contributed by atoms with Crippen LogP contribution in [0, 0.1) is 0 Å². The predicted molar refractivity (Wildman–Crippen MR) is 45.7 cm³/mol. The number of hydrogen-bond acceptors (Lipinski definition) is 1. The number of hydrogen-bond donors (Lipinski definition) is 0. The van der Waals surface area contributed by atoms with Gasteiger partial charge in [-0.2, -0.15) is 0 Å². The molecule has 2 nitrogen and oxygen atoms in total. The van der Waals surface area contributed by atoms with Crippen LogP contribution in [0.1, 0.15) is 19.8 Å². The summed E-state index contributed by atoms with van der Waals surface area (Å²) in [5.74, 6) is 0. The van der Waals surface area contributed by atoms with Crippen molar-refractivity contribution >= 4 is 26.9 Å². The van der Waals surface area contributed by atoms with E-state index in [2.05, 4.69) is 32.8 Å². The zero-order valence-electron chi connectivity index (χ0n) is 5.76. The van der Waals surface area contributed by atoms with E-state index in [4.69, 9.17) is 0 Å². The second kappa shape index (κ2) is 5.95. The summed E-state index contributed by atoms with van der Waals surface area (Å²) in [7, 11) is 1.70. The summed E-state index contributed by atoms with van der Waals surface area (Å²) in [5, 5.41) is 0. The maximum Gasteiger partial charge on any atom is 0.191 e. The van der Waals surface area contributed by atoms with E-state index in [0.717, 1.165) is 12.8 Å². The molecule has 0 atom stereocenters. The summed E-state index contributed by atoms with van der Waals surface area (Å²) in [6, 6.07) is 0. The standard InChI is InChI=1S/C6H11BrN2/c1-3-4-5-9-6(7)8-2/h5H,3-4H2,1-2H3/b8-6?,9-5-. The van der Waals surface area contributed by atoms with Crippen LogP contribution in [0.4, 0.5) is 0 Å². The van der Waals surface area contributed by atoms with Crippen molar-refractivity contribution in [1.29, 1.82) is 0 Å². The zero-order chi connectivity index (χ0) is 7.11. The number of amidine groups is 1. The Kier molecular flexibility index (Phi) is 5.83. The van der Waals surface area contributed by atoms with Gasteiger partial charge in [0.05, 0.1) is 0 Å². The third-order valence-corrected chi connectivity index (χ3v) is 1.36. The number of rotatable bonds is 2. The first kappa shape index (κ1) is 8.82. The average Bonchev–Trinajstić information content (AvgIpc) is 1.89. The van der Waals surface area contributed by atoms with E-state index in [1.807, 2.05) is 6.21 Å². The molecule has 0 aliphatic rings. The van der Waals surface area contributed by atoms with Crippen LogP contribution in [0.5, 0.6) is 0 Å². The molecule has 0 aliphatic carbocycles. The van der Waals surface area contributed by atoms with Gasteiger partial charge in [0.2, 0.25) is 0 Å². The molecule has 0 aromatic rings. The average molecular weight is 191 g/mol. The Labute approximate surface area is 64.2 Å². The summed E-state index contributed by atoms with van der Waals surface area (Å²) in [6.07, 6.45) is 4.01. The molecule has 0 saturated heterocycles. The molecule has 0 rings (SSSR count). The molecule has 0 saturated carbocycles. The summed E-state index contributed by atoms with van der Waals surface area (Å²) in [4.78, 5) is 7.77. The third kappa shape index (κ3) is 5.69.